The summed E-state index contributed by atoms with van der Waals surface area (Å²) in [7, 11) is 0. The van der Waals surface area contributed by atoms with Gasteiger partial charge in [-0.15, -0.1) is 11.3 Å². The first-order valence-electron chi connectivity index (χ1n) is 9.41. The number of thiophene rings is 1. The topological polar surface area (TPSA) is 57.4 Å². The average molecular weight is 417 g/mol. The standard InChI is InChI=1S/C24H16N4S.Mg/c1-2-24(29-9-1)22-13-21-12-19-6-5-17(26-19)10-15-3-4-16(25-15)11-18-7-8-20(27-18)14-23(22)28-21;/h1-14,25,28H;. The van der Waals surface area contributed by atoms with Crippen molar-refractivity contribution in [2.75, 3.05) is 0 Å². The van der Waals surface area contributed by atoms with Gasteiger partial charge in [0.05, 0.1) is 22.8 Å². The Bertz CT molecular complexity index is 1460. The molecule has 0 atom stereocenters. The zero-order chi connectivity index (χ0) is 19.2. The number of fused-ring (bicyclic) bond motifs is 8. The Balaban J connectivity index is 0.00000193. The molecule has 6 rings (SSSR count). The third-order valence-electron chi connectivity index (χ3n) is 4.96. The van der Waals surface area contributed by atoms with Crippen molar-refractivity contribution in [3.8, 4) is 10.4 Å². The molecule has 0 unspecified atom stereocenters. The molecule has 6 heterocycles. The highest BCUT2D eigenvalue weighted by Gasteiger charge is 2.07. The number of aromatic amines is 2. The zero-order valence-corrected chi connectivity index (χ0v) is 18.3. The minimum atomic E-state index is 0. The minimum Gasteiger partial charge on any atom is -0.355 e. The molecule has 4 aromatic rings. The molecule has 0 aromatic carbocycles. The molecule has 0 saturated heterocycles. The van der Waals surface area contributed by atoms with Crippen LogP contribution in [-0.2, 0) is 0 Å². The maximum atomic E-state index is 4.76. The van der Waals surface area contributed by atoms with Crippen molar-refractivity contribution < 1.29 is 0 Å². The van der Waals surface area contributed by atoms with Gasteiger partial charge in [0.15, 0.2) is 0 Å². The van der Waals surface area contributed by atoms with Gasteiger partial charge >= 0.3 is 0 Å². The van der Waals surface area contributed by atoms with Gasteiger partial charge in [0.2, 0.25) is 0 Å². The van der Waals surface area contributed by atoms with E-state index in [-0.39, 0.29) is 23.1 Å². The maximum Gasteiger partial charge on any atom is 0.0658 e. The smallest absolute Gasteiger partial charge is 0.0658 e. The molecule has 0 aliphatic carbocycles. The summed E-state index contributed by atoms with van der Waals surface area (Å²) >= 11 is 1.73. The Kier molecular flexibility index (Phi) is 4.90. The molecule has 30 heavy (non-hydrogen) atoms. The Morgan fingerprint density at radius 1 is 0.633 bits per heavy atom. The molecule has 0 fully saturated rings. The summed E-state index contributed by atoms with van der Waals surface area (Å²) in [6, 6.07) is 18.8. The quantitative estimate of drug-likeness (QED) is 0.323. The van der Waals surface area contributed by atoms with Gasteiger partial charge in [-0.05, 0) is 78.2 Å². The molecule has 2 aliphatic heterocycles. The molecule has 0 amide bonds. The van der Waals surface area contributed by atoms with Crippen LogP contribution in [0, 0.1) is 0 Å². The van der Waals surface area contributed by atoms with E-state index in [0.29, 0.717) is 0 Å². The average Bonchev–Trinajstić information content (AvgIpc) is 3.50. The van der Waals surface area contributed by atoms with Gasteiger partial charge in [-0.2, -0.15) is 0 Å². The number of H-pyrrole nitrogens is 2. The van der Waals surface area contributed by atoms with Crippen LogP contribution < -0.4 is 0 Å². The number of nitrogens with zero attached hydrogens (tertiary/aromatic N) is 2. The fourth-order valence-electron chi connectivity index (χ4n) is 3.65. The van der Waals surface area contributed by atoms with Crippen molar-refractivity contribution in [3.05, 3.63) is 82.8 Å². The summed E-state index contributed by atoms with van der Waals surface area (Å²) in [4.78, 5) is 17.7. The van der Waals surface area contributed by atoms with Gasteiger partial charge in [-0.25, -0.2) is 9.97 Å². The summed E-state index contributed by atoms with van der Waals surface area (Å²) in [5.41, 5.74) is 9.02. The summed E-state index contributed by atoms with van der Waals surface area (Å²) in [6.07, 6.45) is 8.17. The van der Waals surface area contributed by atoms with Crippen molar-refractivity contribution in [2.24, 2.45) is 0 Å². The van der Waals surface area contributed by atoms with E-state index in [1.807, 2.05) is 24.3 Å². The molecule has 6 heteroatoms. The molecular formula is C24H16MgN4S. The van der Waals surface area contributed by atoms with E-state index in [0.717, 1.165) is 44.8 Å². The van der Waals surface area contributed by atoms with Crippen LogP contribution in [0.25, 0.3) is 56.8 Å². The van der Waals surface area contributed by atoms with E-state index in [1.54, 1.807) is 11.3 Å². The van der Waals surface area contributed by atoms with E-state index in [9.17, 15) is 0 Å². The van der Waals surface area contributed by atoms with Crippen molar-refractivity contribution in [3.63, 3.8) is 0 Å². The zero-order valence-electron chi connectivity index (χ0n) is 16.1. The summed E-state index contributed by atoms with van der Waals surface area (Å²) in [5, 5.41) is 2.10. The third kappa shape index (κ3) is 3.65. The Hall–Kier alpha value is -2.93. The third-order valence-corrected chi connectivity index (χ3v) is 5.86. The SMILES string of the molecule is C1=Cc2cc3cc(-c4cccs4)c(cc4nc(cc5ccc(cc1n2)[nH]5)C=C4)[nH]3.[Mg]. The summed E-state index contributed by atoms with van der Waals surface area (Å²) in [5.74, 6) is 0. The number of rotatable bonds is 1. The second-order valence-corrected chi connectivity index (χ2v) is 8.01. The van der Waals surface area contributed by atoms with Gasteiger partial charge in [-0.1, -0.05) is 6.07 Å². The molecule has 2 radical (unpaired) electrons. The number of aromatic nitrogens is 4. The van der Waals surface area contributed by atoms with Crippen LogP contribution in [0.2, 0.25) is 0 Å². The Labute approximate surface area is 193 Å². The van der Waals surface area contributed by atoms with E-state index in [2.05, 4.69) is 69.9 Å². The first kappa shape index (κ1) is 19.1. The highest BCUT2D eigenvalue weighted by Crippen LogP contribution is 2.30. The van der Waals surface area contributed by atoms with E-state index in [4.69, 9.17) is 9.97 Å². The fraction of sp³-hybridized carbons (Fsp3) is 0. The number of nitrogens with one attached hydrogen (secondary N) is 2. The lowest BCUT2D eigenvalue weighted by Gasteiger charge is -1.92. The molecule has 2 aliphatic rings. The highest BCUT2D eigenvalue weighted by molar-refractivity contribution is 7.13. The fourth-order valence-corrected chi connectivity index (χ4v) is 4.41. The lowest BCUT2D eigenvalue weighted by atomic mass is 10.2. The van der Waals surface area contributed by atoms with Crippen molar-refractivity contribution in [1.82, 2.24) is 19.9 Å². The molecule has 4 aromatic heterocycles. The summed E-state index contributed by atoms with van der Waals surface area (Å²) < 4.78 is 0. The van der Waals surface area contributed by atoms with Gasteiger partial charge < -0.3 is 9.97 Å². The monoisotopic (exact) mass is 416 g/mol. The molecule has 0 spiro atoms. The molecule has 2 N–H and O–H groups in total. The molecule has 0 saturated carbocycles. The summed E-state index contributed by atoms with van der Waals surface area (Å²) in [6.45, 7) is 0. The lowest BCUT2D eigenvalue weighted by Crippen LogP contribution is -1.76. The Morgan fingerprint density at radius 2 is 1.23 bits per heavy atom. The van der Waals surface area contributed by atoms with Gasteiger partial charge in [0, 0.05) is 55.6 Å². The van der Waals surface area contributed by atoms with Crippen LogP contribution in [0.1, 0.15) is 22.8 Å². The largest absolute Gasteiger partial charge is 0.355 e. The van der Waals surface area contributed by atoms with Crippen LogP contribution in [0.3, 0.4) is 0 Å². The predicted molar refractivity (Wildman–Crippen MR) is 128 cm³/mol. The van der Waals surface area contributed by atoms with Gasteiger partial charge in [0.1, 0.15) is 0 Å². The van der Waals surface area contributed by atoms with Crippen LogP contribution in [0.5, 0.6) is 0 Å². The lowest BCUT2D eigenvalue weighted by molar-refractivity contribution is 1.31. The minimum absolute atomic E-state index is 0. The van der Waals surface area contributed by atoms with Crippen LogP contribution in [0.4, 0.5) is 0 Å². The number of hydrogen-bond acceptors (Lipinski definition) is 3. The van der Waals surface area contributed by atoms with Crippen LogP contribution >= 0.6 is 11.3 Å². The molecule has 140 valence electrons. The van der Waals surface area contributed by atoms with Gasteiger partial charge in [0.25, 0.3) is 0 Å². The predicted octanol–water partition coefficient (Wildman–Crippen LogP) is 6.00. The maximum absolute atomic E-state index is 4.76. The second kappa shape index (κ2) is 7.72. The first-order chi connectivity index (χ1) is 14.3. The van der Waals surface area contributed by atoms with E-state index >= 15 is 0 Å². The first-order valence-corrected chi connectivity index (χ1v) is 10.3. The van der Waals surface area contributed by atoms with Crippen molar-refractivity contribution >= 4 is 80.8 Å². The van der Waals surface area contributed by atoms with E-state index in [1.165, 1.54) is 10.4 Å². The molecular weight excluding hydrogens is 401 g/mol. The molecule has 8 bridgehead atoms. The van der Waals surface area contributed by atoms with Crippen molar-refractivity contribution in [2.45, 2.75) is 0 Å². The highest BCUT2D eigenvalue weighted by atomic mass is 32.1. The Morgan fingerprint density at radius 3 is 1.83 bits per heavy atom. The van der Waals surface area contributed by atoms with Crippen LogP contribution in [-0.4, -0.2) is 43.0 Å². The van der Waals surface area contributed by atoms with Gasteiger partial charge in [-0.3, -0.25) is 0 Å². The van der Waals surface area contributed by atoms with E-state index < -0.39 is 0 Å². The molecule has 4 nitrogen and oxygen atoms in total. The second-order valence-electron chi connectivity index (χ2n) is 7.07. The van der Waals surface area contributed by atoms with Crippen LogP contribution in [0.15, 0.2) is 60.0 Å². The van der Waals surface area contributed by atoms with Crippen molar-refractivity contribution in [1.29, 1.82) is 0 Å². The normalized spacial score (nSPS) is 12.1. The number of hydrogen-bond donors (Lipinski definition) is 2.